The molecule has 0 spiro atoms. The zero-order valence-electron chi connectivity index (χ0n) is 14.6. The van der Waals surface area contributed by atoms with Crippen LogP contribution in [0.4, 0.5) is 0 Å². The van der Waals surface area contributed by atoms with Crippen LogP contribution < -0.4 is 0 Å². The predicted molar refractivity (Wildman–Crippen MR) is 103 cm³/mol. The maximum Gasteiger partial charge on any atom is -0.00139 e. The third-order valence-electron chi connectivity index (χ3n) is 5.45. The van der Waals surface area contributed by atoms with Crippen molar-refractivity contribution in [2.24, 2.45) is 0 Å². The van der Waals surface area contributed by atoms with Crippen molar-refractivity contribution in [3.05, 3.63) is 94.0 Å². The first-order valence-electron chi connectivity index (χ1n) is 9.10. The molecule has 0 heterocycles. The van der Waals surface area contributed by atoms with Crippen molar-refractivity contribution in [1.82, 2.24) is 0 Å². The first kappa shape index (κ1) is 15.2. The number of hydrogen-bond donors (Lipinski definition) is 0. The van der Waals surface area contributed by atoms with Crippen molar-refractivity contribution in [3.63, 3.8) is 0 Å². The van der Waals surface area contributed by atoms with Gasteiger partial charge >= 0.3 is 0 Å². The average Bonchev–Trinajstić information content (AvgIpc) is 2.62. The van der Waals surface area contributed by atoms with Crippen LogP contribution in [0.1, 0.15) is 47.2 Å². The van der Waals surface area contributed by atoms with Crippen LogP contribution in [0, 0.1) is 0 Å². The fourth-order valence-electron chi connectivity index (χ4n) is 4.15. The lowest BCUT2D eigenvalue weighted by Gasteiger charge is -2.24. The van der Waals surface area contributed by atoms with Crippen molar-refractivity contribution in [1.29, 1.82) is 0 Å². The van der Waals surface area contributed by atoms with Crippen LogP contribution in [-0.4, -0.2) is 0 Å². The minimum Gasteiger partial charge on any atom is -0.0619 e. The Labute approximate surface area is 145 Å². The Bertz CT molecular complexity index is 812. The highest BCUT2D eigenvalue weighted by molar-refractivity contribution is 5.73. The third kappa shape index (κ3) is 2.47. The Morgan fingerprint density at radius 2 is 1.00 bits per heavy atom. The molecule has 3 aromatic rings. The van der Waals surface area contributed by atoms with E-state index >= 15 is 0 Å². The number of benzene rings is 3. The first-order valence-corrected chi connectivity index (χ1v) is 9.10. The molecule has 0 saturated heterocycles. The SMILES string of the molecule is CCc1ccc(CC)c2c1Cc1ccccc1-c1ccccc1C2. The molecule has 0 aromatic heterocycles. The van der Waals surface area contributed by atoms with Gasteiger partial charge in [-0.2, -0.15) is 0 Å². The van der Waals surface area contributed by atoms with E-state index in [0.717, 1.165) is 25.7 Å². The molecule has 0 unspecified atom stereocenters. The fourth-order valence-corrected chi connectivity index (χ4v) is 4.15. The maximum atomic E-state index is 2.35. The van der Waals surface area contributed by atoms with Gasteiger partial charge in [-0.05, 0) is 70.2 Å². The number of fused-ring (bicyclic) bond motifs is 4. The Hall–Kier alpha value is -2.34. The molecule has 0 bridgehead atoms. The van der Waals surface area contributed by atoms with Gasteiger partial charge in [-0.3, -0.25) is 0 Å². The second-order valence-electron chi connectivity index (χ2n) is 6.72. The minimum absolute atomic E-state index is 1.05. The van der Waals surface area contributed by atoms with Gasteiger partial charge in [-0.25, -0.2) is 0 Å². The molecule has 0 aliphatic heterocycles. The Morgan fingerprint density at radius 3 is 1.42 bits per heavy atom. The van der Waals surface area contributed by atoms with Crippen molar-refractivity contribution in [3.8, 4) is 11.1 Å². The van der Waals surface area contributed by atoms with E-state index in [2.05, 4.69) is 74.5 Å². The lowest BCUT2D eigenvalue weighted by atomic mass is 9.80. The summed E-state index contributed by atoms with van der Waals surface area (Å²) in [6.07, 6.45) is 4.32. The molecule has 0 atom stereocenters. The van der Waals surface area contributed by atoms with Crippen molar-refractivity contribution in [2.75, 3.05) is 0 Å². The quantitative estimate of drug-likeness (QED) is 0.427. The van der Waals surface area contributed by atoms with Crippen LogP contribution in [0.3, 0.4) is 0 Å². The minimum atomic E-state index is 1.05. The molecule has 24 heavy (non-hydrogen) atoms. The second-order valence-corrected chi connectivity index (χ2v) is 6.72. The Balaban J connectivity index is 2.03. The lowest BCUT2D eigenvalue weighted by Crippen LogP contribution is -2.09. The van der Waals surface area contributed by atoms with Crippen LogP contribution >= 0.6 is 0 Å². The third-order valence-corrected chi connectivity index (χ3v) is 5.45. The Morgan fingerprint density at radius 1 is 0.583 bits per heavy atom. The summed E-state index contributed by atoms with van der Waals surface area (Å²) in [4.78, 5) is 0. The molecular weight excluding hydrogens is 288 g/mol. The normalized spacial score (nSPS) is 12.6. The molecule has 3 aromatic carbocycles. The van der Waals surface area contributed by atoms with Crippen LogP contribution in [-0.2, 0) is 25.7 Å². The standard InChI is InChI=1S/C24H24/c1-3-17-13-14-18(4-2)24-16-20-10-6-8-12-22(20)21-11-7-5-9-19(21)15-23(17)24/h5-14H,3-4,15-16H2,1-2H3. The highest BCUT2D eigenvalue weighted by Gasteiger charge is 2.19. The molecule has 0 fully saturated rings. The van der Waals surface area contributed by atoms with Crippen molar-refractivity contribution < 1.29 is 0 Å². The number of hydrogen-bond acceptors (Lipinski definition) is 0. The van der Waals surface area contributed by atoms with Gasteiger partial charge in [0, 0.05) is 0 Å². The second kappa shape index (κ2) is 6.28. The summed E-state index contributed by atoms with van der Waals surface area (Å²) < 4.78 is 0. The monoisotopic (exact) mass is 312 g/mol. The molecule has 1 aliphatic carbocycles. The summed E-state index contributed by atoms with van der Waals surface area (Å²) in [6.45, 7) is 4.56. The van der Waals surface area contributed by atoms with E-state index in [0.29, 0.717) is 0 Å². The summed E-state index contributed by atoms with van der Waals surface area (Å²) in [6, 6.07) is 22.6. The van der Waals surface area contributed by atoms with E-state index in [1.807, 2.05) is 0 Å². The first-order chi connectivity index (χ1) is 11.8. The van der Waals surface area contributed by atoms with Crippen LogP contribution in [0.25, 0.3) is 11.1 Å². The van der Waals surface area contributed by atoms with E-state index < -0.39 is 0 Å². The molecule has 0 radical (unpaired) electrons. The van der Waals surface area contributed by atoms with Gasteiger partial charge in [0.25, 0.3) is 0 Å². The van der Waals surface area contributed by atoms with Gasteiger partial charge < -0.3 is 0 Å². The van der Waals surface area contributed by atoms with Crippen LogP contribution in [0.2, 0.25) is 0 Å². The molecule has 0 amide bonds. The average molecular weight is 312 g/mol. The van der Waals surface area contributed by atoms with Gasteiger partial charge in [-0.15, -0.1) is 0 Å². The smallest absolute Gasteiger partial charge is 0.00139 e. The van der Waals surface area contributed by atoms with E-state index in [4.69, 9.17) is 0 Å². The maximum absolute atomic E-state index is 2.35. The van der Waals surface area contributed by atoms with Crippen LogP contribution in [0.15, 0.2) is 60.7 Å². The van der Waals surface area contributed by atoms with Crippen molar-refractivity contribution >= 4 is 0 Å². The number of rotatable bonds is 2. The number of aryl methyl sites for hydroxylation is 2. The largest absolute Gasteiger partial charge is 0.0619 e. The van der Waals surface area contributed by atoms with E-state index in [9.17, 15) is 0 Å². The van der Waals surface area contributed by atoms with Gasteiger partial charge in [0.05, 0.1) is 0 Å². The van der Waals surface area contributed by atoms with Gasteiger partial charge in [0.2, 0.25) is 0 Å². The van der Waals surface area contributed by atoms with E-state index in [-0.39, 0.29) is 0 Å². The molecule has 1 aliphatic rings. The highest BCUT2D eigenvalue weighted by atomic mass is 14.2. The highest BCUT2D eigenvalue weighted by Crippen LogP contribution is 2.36. The zero-order chi connectivity index (χ0) is 16.5. The summed E-state index contributed by atoms with van der Waals surface area (Å²) in [5, 5.41) is 0. The van der Waals surface area contributed by atoms with Gasteiger partial charge in [0.1, 0.15) is 0 Å². The molecule has 0 nitrogen and oxygen atoms in total. The van der Waals surface area contributed by atoms with Crippen LogP contribution in [0.5, 0.6) is 0 Å². The molecule has 0 saturated carbocycles. The molecule has 120 valence electrons. The summed E-state index contributed by atoms with van der Waals surface area (Å²) in [5.74, 6) is 0. The molecular formula is C24H24. The molecule has 0 N–H and O–H groups in total. The predicted octanol–water partition coefficient (Wildman–Crippen LogP) is 5.97. The zero-order valence-corrected chi connectivity index (χ0v) is 14.6. The summed E-state index contributed by atoms with van der Waals surface area (Å²) >= 11 is 0. The lowest BCUT2D eigenvalue weighted by molar-refractivity contribution is 0.967. The van der Waals surface area contributed by atoms with Gasteiger partial charge in [-0.1, -0.05) is 74.5 Å². The summed E-state index contributed by atoms with van der Waals surface area (Å²) in [5.41, 5.74) is 11.9. The Kier molecular flexibility index (Phi) is 3.98. The summed E-state index contributed by atoms with van der Waals surface area (Å²) in [7, 11) is 0. The van der Waals surface area contributed by atoms with E-state index in [1.54, 1.807) is 11.1 Å². The van der Waals surface area contributed by atoms with Gasteiger partial charge in [0.15, 0.2) is 0 Å². The van der Waals surface area contributed by atoms with Crippen molar-refractivity contribution in [2.45, 2.75) is 39.5 Å². The topological polar surface area (TPSA) is 0 Å². The molecule has 4 rings (SSSR count). The van der Waals surface area contributed by atoms with E-state index in [1.165, 1.54) is 33.4 Å². The molecule has 0 heteroatoms. The fraction of sp³-hybridized carbons (Fsp3) is 0.250.